The number of sulfonamides is 1. The second kappa shape index (κ2) is 9.30. The number of nitro groups is 1. The Bertz CT molecular complexity index is 675. The number of carbonyl (C=O) groups excluding carboxylic acids is 1. The van der Waals surface area contributed by atoms with Crippen LogP contribution in [0.3, 0.4) is 0 Å². The average Bonchev–Trinajstić information content (AvgIpc) is 2.51. The number of carbonyl (C=O) groups is 1. The van der Waals surface area contributed by atoms with E-state index in [0.717, 1.165) is 6.07 Å². The van der Waals surface area contributed by atoms with Crippen molar-refractivity contribution in [3.05, 3.63) is 34.4 Å². The Morgan fingerprint density at radius 3 is 2.67 bits per heavy atom. The van der Waals surface area contributed by atoms with E-state index < -0.39 is 14.9 Å². The lowest BCUT2D eigenvalue weighted by Gasteiger charge is -2.09. The molecule has 0 aliphatic rings. The molecule has 1 aromatic rings. The van der Waals surface area contributed by atoms with Gasteiger partial charge in [0.25, 0.3) is 5.69 Å². The van der Waals surface area contributed by atoms with Crippen LogP contribution in [0.25, 0.3) is 0 Å². The smallest absolute Gasteiger partial charge is 0.270 e. The van der Waals surface area contributed by atoms with Crippen molar-refractivity contribution in [1.29, 1.82) is 0 Å². The fraction of sp³-hybridized carbons (Fsp3) is 0.500. The highest BCUT2D eigenvalue weighted by molar-refractivity contribution is 7.89. The molecule has 0 unspecified atom stereocenters. The number of hydrogen-bond acceptors (Lipinski definition) is 6. The predicted molar refractivity (Wildman–Crippen MR) is 87.0 cm³/mol. The zero-order valence-corrected chi connectivity index (χ0v) is 14.3. The first-order chi connectivity index (χ1) is 11.2. The molecule has 0 aromatic heterocycles. The monoisotopic (exact) mass is 359 g/mol. The van der Waals surface area contributed by atoms with Gasteiger partial charge in [0.15, 0.2) is 0 Å². The Morgan fingerprint density at radius 2 is 2.04 bits per heavy atom. The van der Waals surface area contributed by atoms with E-state index in [4.69, 9.17) is 4.74 Å². The molecule has 1 rings (SSSR count). The topological polar surface area (TPSA) is 128 Å². The molecule has 2 N–H and O–H groups in total. The van der Waals surface area contributed by atoms with Gasteiger partial charge in [0, 0.05) is 31.6 Å². The molecule has 1 amide bonds. The molecule has 0 atom stereocenters. The fourth-order valence-corrected chi connectivity index (χ4v) is 2.78. The lowest BCUT2D eigenvalue weighted by atomic mass is 10.3. The minimum Gasteiger partial charge on any atom is -0.378 e. The van der Waals surface area contributed by atoms with Gasteiger partial charge in [-0.05, 0) is 19.9 Å². The van der Waals surface area contributed by atoms with Crippen molar-refractivity contribution >= 4 is 21.6 Å². The van der Waals surface area contributed by atoms with Gasteiger partial charge >= 0.3 is 0 Å². The maximum absolute atomic E-state index is 12.0. The molecule has 0 aliphatic carbocycles. The molecule has 0 radical (unpaired) electrons. The summed E-state index contributed by atoms with van der Waals surface area (Å²) < 4.78 is 31.6. The third-order valence-electron chi connectivity index (χ3n) is 2.86. The molecule has 0 heterocycles. The molecular weight excluding hydrogens is 338 g/mol. The molecule has 134 valence electrons. The van der Waals surface area contributed by atoms with Crippen LogP contribution >= 0.6 is 0 Å². The molecule has 0 saturated carbocycles. The van der Waals surface area contributed by atoms with E-state index in [1.54, 1.807) is 0 Å². The molecule has 24 heavy (non-hydrogen) atoms. The van der Waals surface area contributed by atoms with Crippen molar-refractivity contribution in [3.63, 3.8) is 0 Å². The van der Waals surface area contributed by atoms with Crippen LogP contribution < -0.4 is 10.0 Å². The number of amides is 1. The van der Waals surface area contributed by atoms with Crippen LogP contribution in [0, 0.1) is 10.1 Å². The third-order valence-corrected chi connectivity index (χ3v) is 4.32. The second-order valence-electron chi connectivity index (χ2n) is 5.17. The number of hydrogen-bond donors (Lipinski definition) is 2. The van der Waals surface area contributed by atoms with Crippen LogP contribution in [0.5, 0.6) is 0 Å². The van der Waals surface area contributed by atoms with E-state index in [9.17, 15) is 23.3 Å². The summed E-state index contributed by atoms with van der Waals surface area (Å²) in [6, 6.07) is 4.74. The largest absolute Gasteiger partial charge is 0.378 e. The molecule has 10 heteroatoms. The number of non-ortho nitro benzene ring substituents is 1. The normalized spacial score (nSPS) is 11.5. The molecule has 1 aromatic carbocycles. The van der Waals surface area contributed by atoms with Gasteiger partial charge in [0.1, 0.15) is 0 Å². The van der Waals surface area contributed by atoms with E-state index in [-0.39, 0.29) is 42.1 Å². The Morgan fingerprint density at radius 1 is 1.33 bits per heavy atom. The van der Waals surface area contributed by atoms with Gasteiger partial charge < -0.3 is 10.1 Å². The number of nitrogens with one attached hydrogen (secondary N) is 2. The van der Waals surface area contributed by atoms with Gasteiger partial charge in [-0.1, -0.05) is 6.07 Å². The highest BCUT2D eigenvalue weighted by Crippen LogP contribution is 2.16. The second-order valence-corrected chi connectivity index (χ2v) is 6.94. The highest BCUT2D eigenvalue weighted by atomic mass is 32.2. The van der Waals surface area contributed by atoms with Crippen LogP contribution in [0.15, 0.2) is 29.2 Å². The first-order valence-electron chi connectivity index (χ1n) is 7.35. The predicted octanol–water partition coefficient (Wildman–Crippen LogP) is 0.804. The van der Waals surface area contributed by atoms with Crippen molar-refractivity contribution in [2.45, 2.75) is 31.3 Å². The first-order valence-corrected chi connectivity index (χ1v) is 8.83. The summed E-state index contributed by atoms with van der Waals surface area (Å²) in [5, 5.41) is 13.2. The molecule has 0 bridgehead atoms. The van der Waals surface area contributed by atoms with Crippen molar-refractivity contribution in [3.8, 4) is 0 Å². The average molecular weight is 359 g/mol. The minimum absolute atomic E-state index is 0.0260. The SMILES string of the molecule is CC(C)OCCC(=O)NCCNS(=O)(=O)c1cccc([N+](=O)[O-])c1. The lowest BCUT2D eigenvalue weighted by molar-refractivity contribution is -0.385. The summed E-state index contributed by atoms with van der Waals surface area (Å²) in [5.74, 6) is -0.245. The van der Waals surface area contributed by atoms with Gasteiger partial charge in [-0.15, -0.1) is 0 Å². The van der Waals surface area contributed by atoms with E-state index >= 15 is 0 Å². The maximum atomic E-state index is 12.0. The van der Waals surface area contributed by atoms with Gasteiger partial charge in [-0.3, -0.25) is 14.9 Å². The van der Waals surface area contributed by atoms with Gasteiger partial charge in [-0.2, -0.15) is 0 Å². The van der Waals surface area contributed by atoms with E-state index in [0.29, 0.717) is 6.61 Å². The lowest BCUT2D eigenvalue weighted by Crippen LogP contribution is -2.35. The zero-order valence-electron chi connectivity index (χ0n) is 13.5. The Kier molecular flexibility index (Phi) is 7.75. The number of nitrogens with zero attached hydrogens (tertiary/aromatic N) is 1. The summed E-state index contributed by atoms with van der Waals surface area (Å²) >= 11 is 0. The number of nitro benzene ring substituents is 1. The number of rotatable bonds is 10. The van der Waals surface area contributed by atoms with Gasteiger partial charge in [0.2, 0.25) is 15.9 Å². The standard InChI is InChI=1S/C14H21N3O6S/c1-11(2)23-9-6-14(18)15-7-8-16-24(21,22)13-5-3-4-12(10-13)17(19)20/h3-5,10-11,16H,6-9H2,1-2H3,(H,15,18). The fourth-order valence-electron chi connectivity index (χ4n) is 1.71. The van der Waals surface area contributed by atoms with E-state index in [1.807, 2.05) is 13.8 Å². The molecular formula is C14H21N3O6S. The first kappa shape index (κ1) is 20.0. The quantitative estimate of drug-likeness (QED) is 0.361. The molecule has 9 nitrogen and oxygen atoms in total. The van der Waals surface area contributed by atoms with E-state index in [2.05, 4.69) is 10.0 Å². The van der Waals surface area contributed by atoms with Crippen LogP contribution in [0.1, 0.15) is 20.3 Å². The third kappa shape index (κ3) is 7.02. The Hall–Kier alpha value is -2.04. The minimum atomic E-state index is -3.87. The summed E-state index contributed by atoms with van der Waals surface area (Å²) in [5.41, 5.74) is -0.309. The Labute approximate surface area is 140 Å². The number of ether oxygens (including phenoxy) is 1. The van der Waals surface area contributed by atoms with Crippen molar-refractivity contribution in [2.24, 2.45) is 0 Å². The molecule has 0 spiro atoms. The van der Waals surface area contributed by atoms with Crippen molar-refractivity contribution in [2.75, 3.05) is 19.7 Å². The molecule has 0 fully saturated rings. The van der Waals surface area contributed by atoms with Gasteiger partial charge in [-0.25, -0.2) is 13.1 Å². The van der Waals surface area contributed by atoms with Gasteiger partial charge in [0.05, 0.1) is 22.5 Å². The van der Waals surface area contributed by atoms with Crippen LogP contribution in [-0.2, 0) is 19.6 Å². The zero-order chi connectivity index (χ0) is 18.2. The molecule has 0 aliphatic heterocycles. The summed E-state index contributed by atoms with van der Waals surface area (Å²) in [6.45, 7) is 4.10. The van der Waals surface area contributed by atoms with Crippen molar-refractivity contribution < 1.29 is 22.9 Å². The summed E-state index contributed by atoms with van der Waals surface area (Å²) in [7, 11) is -3.87. The van der Waals surface area contributed by atoms with Crippen LogP contribution in [0.4, 0.5) is 5.69 Å². The van der Waals surface area contributed by atoms with Crippen molar-refractivity contribution in [1.82, 2.24) is 10.0 Å². The number of benzene rings is 1. The highest BCUT2D eigenvalue weighted by Gasteiger charge is 2.17. The van der Waals surface area contributed by atoms with E-state index in [1.165, 1.54) is 18.2 Å². The summed E-state index contributed by atoms with van der Waals surface area (Å²) in [6.07, 6.45) is 0.232. The van der Waals surface area contributed by atoms with Crippen LogP contribution in [-0.4, -0.2) is 45.0 Å². The van der Waals surface area contributed by atoms with Crippen LogP contribution in [0.2, 0.25) is 0 Å². The Balaban J connectivity index is 2.42. The molecule has 0 saturated heterocycles. The maximum Gasteiger partial charge on any atom is 0.270 e. The summed E-state index contributed by atoms with van der Waals surface area (Å²) in [4.78, 5) is 21.3.